The molecule has 18 heavy (non-hydrogen) atoms. The van der Waals surface area contributed by atoms with E-state index in [-0.39, 0.29) is 17.2 Å². The van der Waals surface area contributed by atoms with Crippen molar-refractivity contribution in [1.29, 1.82) is 0 Å². The van der Waals surface area contributed by atoms with Gasteiger partial charge >= 0.3 is 13.1 Å². The second-order valence-electron chi connectivity index (χ2n) is 5.32. The molecule has 0 atom stereocenters. The number of thiophene rings is 1. The van der Waals surface area contributed by atoms with E-state index in [2.05, 4.69) is 4.74 Å². The minimum absolute atomic E-state index is 0.339. The summed E-state index contributed by atoms with van der Waals surface area (Å²) in [6.45, 7) is 8.01. The van der Waals surface area contributed by atoms with Gasteiger partial charge in [0.2, 0.25) is 0 Å². The van der Waals surface area contributed by atoms with Crippen LogP contribution in [0.2, 0.25) is 0 Å². The highest BCUT2D eigenvalue weighted by atomic mass is 32.1. The number of carbonyl (C=O) groups is 1. The molecular formula is C12H17BO4S. The fraction of sp³-hybridized carbons (Fsp3) is 0.583. The molecule has 2 heterocycles. The SMILES string of the molecule is COC(=O)c1csc(B2OC(C)(C)C(C)(C)O2)c1. The number of esters is 1. The molecule has 4 nitrogen and oxygen atoms in total. The maximum absolute atomic E-state index is 11.4. The Kier molecular flexibility index (Phi) is 3.29. The number of carbonyl (C=O) groups excluding carboxylic acids is 1. The van der Waals surface area contributed by atoms with E-state index < -0.39 is 7.12 Å². The smallest absolute Gasteiger partial charge is 0.465 e. The van der Waals surface area contributed by atoms with Crippen molar-refractivity contribution in [3.05, 3.63) is 17.0 Å². The largest absolute Gasteiger partial charge is 0.505 e. The first kappa shape index (κ1) is 13.6. The molecule has 0 amide bonds. The minimum Gasteiger partial charge on any atom is -0.465 e. The summed E-state index contributed by atoms with van der Waals surface area (Å²) in [4.78, 5) is 11.4. The van der Waals surface area contributed by atoms with E-state index in [1.807, 2.05) is 27.7 Å². The van der Waals surface area contributed by atoms with Crippen molar-refractivity contribution in [2.24, 2.45) is 0 Å². The van der Waals surface area contributed by atoms with Crippen molar-refractivity contribution < 1.29 is 18.8 Å². The molecule has 1 aliphatic rings. The number of hydrogen-bond acceptors (Lipinski definition) is 5. The second-order valence-corrected chi connectivity index (χ2v) is 6.26. The van der Waals surface area contributed by atoms with Gasteiger partial charge in [0.25, 0.3) is 0 Å². The fourth-order valence-corrected chi connectivity index (χ4v) is 2.49. The van der Waals surface area contributed by atoms with E-state index in [0.29, 0.717) is 5.56 Å². The summed E-state index contributed by atoms with van der Waals surface area (Å²) in [7, 11) is 0.951. The molecule has 0 radical (unpaired) electrons. The van der Waals surface area contributed by atoms with Gasteiger partial charge in [-0.15, -0.1) is 0 Å². The van der Waals surface area contributed by atoms with Gasteiger partial charge in [-0.2, -0.15) is 11.3 Å². The van der Waals surface area contributed by atoms with Gasteiger partial charge in [-0.05, 0) is 33.8 Å². The van der Waals surface area contributed by atoms with Gasteiger partial charge in [0.1, 0.15) is 0 Å². The number of rotatable bonds is 2. The maximum Gasteiger partial charge on any atom is 0.505 e. The van der Waals surface area contributed by atoms with Crippen LogP contribution in [0.15, 0.2) is 11.4 Å². The van der Waals surface area contributed by atoms with Crippen LogP contribution in [0.5, 0.6) is 0 Å². The molecule has 0 aromatic carbocycles. The van der Waals surface area contributed by atoms with Crippen LogP contribution < -0.4 is 4.78 Å². The molecular weight excluding hydrogens is 251 g/mol. The topological polar surface area (TPSA) is 44.8 Å². The van der Waals surface area contributed by atoms with Crippen LogP contribution in [0.3, 0.4) is 0 Å². The van der Waals surface area contributed by atoms with Crippen molar-refractivity contribution in [3.63, 3.8) is 0 Å². The summed E-state index contributed by atoms with van der Waals surface area (Å²) in [6, 6.07) is 1.76. The van der Waals surface area contributed by atoms with E-state index in [0.717, 1.165) is 4.78 Å². The molecule has 0 aliphatic carbocycles. The second kappa shape index (κ2) is 4.37. The quantitative estimate of drug-likeness (QED) is 0.606. The summed E-state index contributed by atoms with van der Waals surface area (Å²) >= 11 is 1.44. The Labute approximate surface area is 111 Å². The molecule has 0 unspecified atom stereocenters. The predicted octanol–water partition coefficient (Wildman–Crippen LogP) is 1.83. The Balaban J connectivity index is 2.20. The lowest BCUT2D eigenvalue weighted by molar-refractivity contribution is 0.00578. The Morgan fingerprint density at radius 3 is 2.33 bits per heavy atom. The highest BCUT2D eigenvalue weighted by Gasteiger charge is 2.52. The summed E-state index contributed by atoms with van der Waals surface area (Å²) in [5.74, 6) is -0.339. The molecule has 2 rings (SSSR count). The first-order valence-corrected chi connectivity index (χ1v) is 6.67. The molecule has 1 fully saturated rings. The van der Waals surface area contributed by atoms with Gasteiger partial charge in [0, 0.05) is 10.2 Å². The Hall–Kier alpha value is -0.845. The van der Waals surface area contributed by atoms with E-state index in [1.165, 1.54) is 18.4 Å². The Morgan fingerprint density at radius 2 is 1.83 bits per heavy atom. The van der Waals surface area contributed by atoms with Crippen LogP contribution in [0, 0.1) is 0 Å². The Morgan fingerprint density at radius 1 is 1.28 bits per heavy atom. The molecule has 0 saturated carbocycles. The van der Waals surface area contributed by atoms with Crippen molar-refractivity contribution in [2.75, 3.05) is 7.11 Å². The summed E-state index contributed by atoms with van der Waals surface area (Å²) in [6.07, 6.45) is 0. The van der Waals surface area contributed by atoms with Crippen molar-refractivity contribution in [1.82, 2.24) is 0 Å². The van der Waals surface area contributed by atoms with Gasteiger partial charge in [-0.3, -0.25) is 0 Å². The Bertz CT molecular complexity index is 450. The van der Waals surface area contributed by atoms with Gasteiger partial charge in [0.05, 0.1) is 23.9 Å². The minimum atomic E-state index is -0.418. The van der Waals surface area contributed by atoms with Crippen LogP contribution in [0.4, 0.5) is 0 Å². The number of methoxy groups -OCH3 is 1. The van der Waals surface area contributed by atoms with Crippen LogP contribution in [0.25, 0.3) is 0 Å². The lowest BCUT2D eigenvalue weighted by Crippen LogP contribution is -2.41. The lowest BCUT2D eigenvalue weighted by Gasteiger charge is -2.32. The molecule has 0 bridgehead atoms. The molecule has 6 heteroatoms. The summed E-state index contributed by atoms with van der Waals surface area (Å²) in [5.41, 5.74) is -0.201. The van der Waals surface area contributed by atoms with Crippen LogP contribution in [-0.2, 0) is 14.0 Å². The van der Waals surface area contributed by atoms with Gasteiger partial charge < -0.3 is 14.0 Å². The zero-order valence-corrected chi connectivity index (χ0v) is 12.1. The zero-order valence-electron chi connectivity index (χ0n) is 11.3. The average Bonchev–Trinajstić information content (AvgIpc) is 2.82. The first-order valence-electron chi connectivity index (χ1n) is 5.79. The zero-order chi connectivity index (χ0) is 13.6. The number of ether oxygens (including phenoxy) is 1. The monoisotopic (exact) mass is 268 g/mol. The first-order chi connectivity index (χ1) is 8.27. The van der Waals surface area contributed by atoms with E-state index in [4.69, 9.17) is 9.31 Å². The molecule has 1 saturated heterocycles. The fourth-order valence-electron chi connectivity index (χ4n) is 1.66. The lowest BCUT2D eigenvalue weighted by atomic mass is 9.87. The van der Waals surface area contributed by atoms with Crippen molar-refractivity contribution in [3.8, 4) is 0 Å². The van der Waals surface area contributed by atoms with Crippen molar-refractivity contribution in [2.45, 2.75) is 38.9 Å². The van der Waals surface area contributed by atoms with E-state index in [9.17, 15) is 4.79 Å². The third kappa shape index (κ3) is 2.20. The maximum atomic E-state index is 11.4. The van der Waals surface area contributed by atoms with Gasteiger partial charge in [-0.25, -0.2) is 4.79 Å². The van der Waals surface area contributed by atoms with E-state index >= 15 is 0 Å². The molecule has 1 aromatic rings. The third-order valence-electron chi connectivity index (χ3n) is 3.53. The highest BCUT2D eigenvalue weighted by molar-refractivity contribution is 7.21. The molecule has 1 aliphatic heterocycles. The van der Waals surface area contributed by atoms with Crippen LogP contribution in [-0.4, -0.2) is 31.4 Å². The predicted molar refractivity (Wildman–Crippen MR) is 71.4 cm³/mol. The average molecular weight is 268 g/mol. The summed E-state index contributed by atoms with van der Waals surface area (Å²) in [5, 5.41) is 1.76. The van der Waals surface area contributed by atoms with Gasteiger partial charge in [0.15, 0.2) is 0 Å². The molecule has 98 valence electrons. The summed E-state index contributed by atoms with van der Waals surface area (Å²) < 4.78 is 17.4. The van der Waals surface area contributed by atoms with Crippen LogP contribution >= 0.6 is 11.3 Å². The molecule has 0 N–H and O–H groups in total. The highest BCUT2D eigenvalue weighted by Crippen LogP contribution is 2.36. The van der Waals surface area contributed by atoms with E-state index in [1.54, 1.807) is 11.4 Å². The molecule has 0 spiro atoms. The standard InChI is InChI=1S/C12H17BO4S/c1-11(2)12(3,4)17-13(16-11)9-6-8(7-18-9)10(14)15-5/h6-7H,1-5H3. The van der Waals surface area contributed by atoms with Gasteiger partial charge in [-0.1, -0.05) is 0 Å². The third-order valence-corrected chi connectivity index (χ3v) is 4.48. The van der Waals surface area contributed by atoms with Crippen molar-refractivity contribution >= 4 is 29.2 Å². The molecule has 1 aromatic heterocycles. The normalized spacial score (nSPS) is 21.1. The van der Waals surface area contributed by atoms with Crippen LogP contribution in [0.1, 0.15) is 38.1 Å². The number of hydrogen-bond donors (Lipinski definition) is 0.